The minimum atomic E-state index is -0.692. The van der Waals surface area contributed by atoms with E-state index in [0.29, 0.717) is 6.42 Å². The highest BCUT2D eigenvalue weighted by molar-refractivity contribution is 5.67. The van der Waals surface area contributed by atoms with Crippen molar-refractivity contribution in [2.75, 3.05) is 0 Å². The molecule has 0 bridgehead atoms. The lowest BCUT2D eigenvalue weighted by Crippen LogP contribution is -2.35. The highest BCUT2D eigenvalue weighted by Gasteiger charge is 2.12. The Kier molecular flexibility index (Phi) is 5.91. The van der Waals surface area contributed by atoms with Crippen LogP contribution in [-0.2, 0) is 22.6 Å². The maximum Gasteiger partial charge on any atom is 0.409 e. The molecule has 112 valence electrons. The van der Waals surface area contributed by atoms with Gasteiger partial charge in [-0.05, 0) is 11.1 Å². The molecule has 0 unspecified atom stereocenters. The largest absolute Gasteiger partial charge is 0.445 e. The van der Waals surface area contributed by atoms with Crippen molar-refractivity contribution in [2.45, 2.75) is 19.2 Å². The minimum Gasteiger partial charge on any atom is -0.445 e. The van der Waals surface area contributed by atoms with E-state index in [-0.39, 0.29) is 6.61 Å². The molecule has 1 amide bonds. The van der Waals surface area contributed by atoms with Crippen LogP contribution in [0.25, 0.3) is 0 Å². The van der Waals surface area contributed by atoms with Gasteiger partial charge in [-0.3, -0.25) is 5.32 Å². The number of carbonyl (C=O) groups excluding carboxylic acids is 2. The average molecular weight is 296 g/mol. The van der Waals surface area contributed by atoms with Crippen LogP contribution in [0, 0.1) is 0 Å². The molecule has 0 radical (unpaired) electrons. The van der Waals surface area contributed by atoms with E-state index >= 15 is 0 Å². The molecule has 22 heavy (non-hydrogen) atoms. The van der Waals surface area contributed by atoms with Gasteiger partial charge in [0.1, 0.15) is 12.8 Å². The first kappa shape index (κ1) is 15.5. The lowest BCUT2D eigenvalue weighted by molar-refractivity contribution is 0.136. The van der Waals surface area contributed by atoms with Crippen molar-refractivity contribution < 1.29 is 14.3 Å². The van der Waals surface area contributed by atoms with E-state index in [2.05, 4.69) is 10.3 Å². The van der Waals surface area contributed by atoms with Gasteiger partial charge in [-0.1, -0.05) is 60.7 Å². The number of carbonyl (C=O) groups is 1. The fourth-order valence-corrected chi connectivity index (χ4v) is 1.93. The van der Waals surface area contributed by atoms with Crippen LogP contribution in [0.4, 0.5) is 4.79 Å². The number of hydrogen-bond donors (Lipinski definition) is 1. The van der Waals surface area contributed by atoms with Crippen molar-refractivity contribution in [3.05, 3.63) is 71.8 Å². The van der Waals surface area contributed by atoms with Crippen LogP contribution >= 0.6 is 0 Å². The Bertz CT molecular complexity index is 637. The van der Waals surface area contributed by atoms with E-state index in [1.54, 1.807) is 0 Å². The second-order valence-corrected chi connectivity index (χ2v) is 4.63. The average Bonchev–Trinajstić information content (AvgIpc) is 2.55. The van der Waals surface area contributed by atoms with Gasteiger partial charge in [-0.25, -0.2) is 9.59 Å². The first-order chi connectivity index (χ1) is 10.8. The van der Waals surface area contributed by atoms with Crippen molar-refractivity contribution >= 4 is 12.2 Å². The lowest BCUT2D eigenvalue weighted by Gasteiger charge is -2.13. The minimum absolute atomic E-state index is 0.162. The van der Waals surface area contributed by atoms with Gasteiger partial charge in [0.05, 0.1) is 0 Å². The number of alkyl carbamates (subject to hydrolysis) is 1. The Labute approximate surface area is 128 Å². The summed E-state index contributed by atoms with van der Waals surface area (Å²) >= 11 is 0. The molecule has 0 aliphatic rings. The molecular formula is C17H16N2O3. The van der Waals surface area contributed by atoms with Crippen LogP contribution in [0.5, 0.6) is 0 Å². The molecule has 0 spiro atoms. The number of rotatable bonds is 6. The van der Waals surface area contributed by atoms with Crippen molar-refractivity contribution in [2.24, 2.45) is 4.99 Å². The van der Waals surface area contributed by atoms with Gasteiger partial charge in [0, 0.05) is 6.42 Å². The van der Waals surface area contributed by atoms with Gasteiger partial charge >= 0.3 is 6.09 Å². The van der Waals surface area contributed by atoms with E-state index < -0.39 is 12.3 Å². The van der Waals surface area contributed by atoms with Crippen molar-refractivity contribution in [3.63, 3.8) is 0 Å². The SMILES string of the molecule is O=C=N[C@H](Cc1ccccc1)NC(=O)OCc1ccccc1. The third kappa shape index (κ3) is 5.23. The van der Waals surface area contributed by atoms with Crippen molar-refractivity contribution in [1.82, 2.24) is 5.32 Å². The number of nitrogens with one attached hydrogen (secondary N) is 1. The zero-order valence-electron chi connectivity index (χ0n) is 11.9. The number of ether oxygens (including phenoxy) is 1. The van der Waals surface area contributed by atoms with E-state index in [9.17, 15) is 9.59 Å². The molecule has 0 aliphatic carbocycles. The normalized spacial score (nSPS) is 11.1. The van der Waals surface area contributed by atoms with E-state index in [0.717, 1.165) is 11.1 Å². The molecule has 0 saturated heterocycles. The fraction of sp³-hybridized carbons (Fsp3) is 0.176. The summed E-state index contributed by atoms with van der Waals surface area (Å²) in [7, 11) is 0. The van der Waals surface area contributed by atoms with Crippen LogP contribution in [0.3, 0.4) is 0 Å². The molecule has 0 fully saturated rings. The van der Waals surface area contributed by atoms with Gasteiger partial charge in [-0.2, -0.15) is 4.99 Å². The molecule has 1 N–H and O–H groups in total. The summed E-state index contributed by atoms with van der Waals surface area (Å²) in [6.45, 7) is 0.162. The zero-order chi connectivity index (χ0) is 15.6. The Morgan fingerprint density at radius 3 is 2.23 bits per heavy atom. The van der Waals surface area contributed by atoms with Crippen molar-refractivity contribution in [1.29, 1.82) is 0 Å². The molecule has 5 nitrogen and oxygen atoms in total. The standard InChI is InChI=1S/C17H16N2O3/c20-13-18-16(11-14-7-3-1-4-8-14)19-17(21)22-12-15-9-5-2-6-10-15/h1-10,16H,11-12H2,(H,19,21)/t16-/m0/s1. The Morgan fingerprint density at radius 2 is 1.64 bits per heavy atom. The van der Waals surface area contributed by atoms with Gasteiger partial charge in [-0.15, -0.1) is 0 Å². The number of benzene rings is 2. The molecule has 1 atom stereocenters. The zero-order valence-corrected chi connectivity index (χ0v) is 11.9. The van der Waals surface area contributed by atoms with Crippen LogP contribution < -0.4 is 5.32 Å². The van der Waals surface area contributed by atoms with E-state index in [4.69, 9.17) is 4.74 Å². The summed E-state index contributed by atoms with van der Waals surface area (Å²) < 4.78 is 5.10. The fourth-order valence-electron chi connectivity index (χ4n) is 1.93. The van der Waals surface area contributed by atoms with Crippen LogP contribution in [-0.4, -0.2) is 18.3 Å². The maximum atomic E-state index is 11.8. The van der Waals surface area contributed by atoms with Gasteiger partial charge in [0.2, 0.25) is 6.08 Å². The number of hydrogen-bond acceptors (Lipinski definition) is 4. The second kappa shape index (κ2) is 8.39. The molecule has 2 aromatic rings. The Morgan fingerprint density at radius 1 is 1.05 bits per heavy atom. The van der Waals surface area contributed by atoms with Crippen LogP contribution in [0.15, 0.2) is 65.7 Å². The lowest BCUT2D eigenvalue weighted by atomic mass is 10.1. The predicted octanol–water partition coefficient (Wildman–Crippen LogP) is 2.82. The number of aliphatic imine (C=N–C) groups is 1. The number of nitrogens with zero attached hydrogens (tertiary/aromatic N) is 1. The maximum absolute atomic E-state index is 11.8. The topological polar surface area (TPSA) is 67.8 Å². The first-order valence-electron chi connectivity index (χ1n) is 6.86. The first-order valence-corrected chi connectivity index (χ1v) is 6.86. The predicted molar refractivity (Wildman–Crippen MR) is 81.8 cm³/mol. The quantitative estimate of drug-likeness (QED) is 0.658. The van der Waals surface area contributed by atoms with Crippen LogP contribution in [0.2, 0.25) is 0 Å². The molecule has 0 aromatic heterocycles. The Hall–Kier alpha value is -2.91. The summed E-state index contributed by atoms with van der Waals surface area (Å²) in [4.78, 5) is 25.8. The molecule has 0 heterocycles. The molecule has 2 rings (SSSR count). The number of amides is 1. The van der Waals surface area contributed by atoms with Crippen molar-refractivity contribution in [3.8, 4) is 0 Å². The van der Waals surface area contributed by atoms with E-state index in [1.165, 1.54) is 6.08 Å². The third-order valence-electron chi connectivity index (χ3n) is 2.98. The van der Waals surface area contributed by atoms with Gasteiger partial charge < -0.3 is 4.74 Å². The number of isocyanates is 1. The van der Waals surface area contributed by atoms with Gasteiger partial charge in [0.15, 0.2) is 0 Å². The smallest absolute Gasteiger partial charge is 0.409 e. The Balaban J connectivity index is 1.87. The van der Waals surface area contributed by atoms with E-state index in [1.807, 2.05) is 60.7 Å². The summed E-state index contributed by atoms with van der Waals surface area (Å²) in [6, 6.07) is 18.8. The molecular weight excluding hydrogens is 280 g/mol. The third-order valence-corrected chi connectivity index (χ3v) is 2.98. The molecule has 5 heteroatoms. The summed E-state index contributed by atoms with van der Waals surface area (Å²) in [5.74, 6) is 0. The molecule has 0 saturated carbocycles. The summed E-state index contributed by atoms with van der Waals surface area (Å²) in [5, 5.41) is 2.55. The molecule has 0 aliphatic heterocycles. The van der Waals surface area contributed by atoms with Crippen LogP contribution in [0.1, 0.15) is 11.1 Å². The summed E-state index contributed by atoms with van der Waals surface area (Å²) in [6.07, 6.45) is 0.558. The summed E-state index contributed by atoms with van der Waals surface area (Å²) in [5.41, 5.74) is 1.84. The highest BCUT2D eigenvalue weighted by Crippen LogP contribution is 2.05. The highest BCUT2D eigenvalue weighted by atomic mass is 16.5. The van der Waals surface area contributed by atoms with Gasteiger partial charge in [0.25, 0.3) is 0 Å². The molecule has 2 aromatic carbocycles. The monoisotopic (exact) mass is 296 g/mol. The second-order valence-electron chi connectivity index (χ2n) is 4.63.